The third kappa shape index (κ3) is 1.56. The van der Waals surface area contributed by atoms with Crippen molar-refractivity contribution < 1.29 is 30.3 Å². The molecule has 0 bridgehead atoms. The molecule has 6 nitrogen and oxygen atoms in total. The van der Waals surface area contributed by atoms with Crippen LogP contribution in [0.2, 0.25) is 0 Å². The molecule has 1 aliphatic rings. The van der Waals surface area contributed by atoms with Gasteiger partial charge in [-0.25, -0.2) is 0 Å². The molecule has 1 rings (SSSR count). The summed E-state index contributed by atoms with van der Waals surface area (Å²) >= 11 is 0. The number of ether oxygens (including phenoxy) is 1. The van der Waals surface area contributed by atoms with E-state index in [1.165, 1.54) is 0 Å². The van der Waals surface area contributed by atoms with Gasteiger partial charge in [-0.2, -0.15) is 0 Å². The van der Waals surface area contributed by atoms with Crippen molar-refractivity contribution in [2.24, 2.45) is 0 Å². The van der Waals surface area contributed by atoms with E-state index in [1.807, 2.05) is 0 Å². The van der Waals surface area contributed by atoms with Gasteiger partial charge in [0.1, 0.15) is 23.9 Å². The molecule has 5 N–H and O–H groups in total. The van der Waals surface area contributed by atoms with Gasteiger partial charge >= 0.3 is 0 Å². The van der Waals surface area contributed by atoms with Gasteiger partial charge in [0, 0.05) is 0 Å². The molecule has 5 atom stereocenters. The molecule has 0 aromatic heterocycles. The van der Waals surface area contributed by atoms with Crippen molar-refractivity contribution in [3.05, 3.63) is 12.7 Å². The highest BCUT2D eigenvalue weighted by Crippen LogP contribution is 2.29. The normalized spacial score (nSPS) is 48.9. The van der Waals surface area contributed by atoms with E-state index >= 15 is 0 Å². The van der Waals surface area contributed by atoms with Gasteiger partial charge in [0.15, 0.2) is 6.29 Å². The summed E-state index contributed by atoms with van der Waals surface area (Å²) in [6, 6.07) is 0. The summed E-state index contributed by atoms with van der Waals surface area (Å²) < 4.78 is 4.66. The van der Waals surface area contributed by atoms with Crippen molar-refractivity contribution in [3.63, 3.8) is 0 Å². The molecule has 1 saturated heterocycles. The topological polar surface area (TPSA) is 110 Å². The smallest absolute Gasteiger partial charge is 0.184 e. The molecule has 1 aliphatic heterocycles. The van der Waals surface area contributed by atoms with E-state index in [4.69, 9.17) is 10.2 Å². The Kier molecular flexibility index (Phi) is 3.25. The van der Waals surface area contributed by atoms with Gasteiger partial charge in [-0.15, -0.1) is 6.58 Å². The number of aliphatic hydroxyl groups excluding tert-OH is 4. The first-order valence-corrected chi connectivity index (χ1v) is 4.14. The fraction of sp³-hybridized carbons (Fsp3) is 0.750. The van der Waals surface area contributed by atoms with Gasteiger partial charge in [0.05, 0.1) is 6.61 Å². The fourth-order valence-corrected chi connectivity index (χ4v) is 1.41. The first kappa shape index (κ1) is 11.6. The van der Waals surface area contributed by atoms with Crippen LogP contribution in [0.25, 0.3) is 0 Å². The fourth-order valence-electron chi connectivity index (χ4n) is 1.41. The van der Waals surface area contributed by atoms with Gasteiger partial charge in [0.25, 0.3) is 0 Å². The third-order valence-electron chi connectivity index (χ3n) is 2.39. The highest BCUT2D eigenvalue weighted by molar-refractivity contribution is 5.11. The Hall–Kier alpha value is -0.500. The van der Waals surface area contributed by atoms with Crippen LogP contribution in [0, 0.1) is 0 Å². The Labute approximate surface area is 80.7 Å². The van der Waals surface area contributed by atoms with Gasteiger partial charge in [-0.1, -0.05) is 6.08 Å². The minimum atomic E-state index is -2.08. The van der Waals surface area contributed by atoms with E-state index in [2.05, 4.69) is 11.3 Å². The monoisotopic (exact) mass is 206 g/mol. The second kappa shape index (κ2) is 3.93. The SMILES string of the molecule is C=C[C@@]1(O)[C@H](O)[C@@H](CO)O[C@@H](O)[C@@H]1O. The maximum absolute atomic E-state index is 9.72. The van der Waals surface area contributed by atoms with Gasteiger partial charge in [-0.05, 0) is 0 Å². The Morgan fingerprint density at radius 1 is 1.29 bits per heavy atom. The molecule has 0 unspecified atom stereocenters. The first-order valence-electron chi connectivity index (χ1n) is 4.14. The predicted molar refractivity (Wildman–Crippen MR) is 45.1 cm³/mol. The molecule has 14 heavy (non-hydrogen) atoms. The molecule has 0 aromatic carbocycles. The van der Waals surface area contributed by atoms with Crippen LogP contribution in [0.5, 0.6) is 0 Å². The summed E-state index contributed by atoms with van der Waals surface area (Å²) in [5, 5.41) is 46.5. The number of rotatable bonds is 2. The van der Waals surface area contributed by atoms with Crippen molar-refractivity contribution in [2.45, 2.75) is 30.2 Å². The van der Waals surface area contributed by atoms with Crippen LogP contribution in [0.4, 0.5) is 0 Å². The Balaban J connectivity index is 2.94. The van der Waals surface area contributed by atoms with Crippen LogP contribution in [0.15, 0.2) is 12.7 Å². The Morgan fingerprint density at radius 2 is 1.86 bits per heavy atom. The molecule has 0 saturated carbocycles. The van der Waals surface area contributed by atoms with Crippen LogP contribution in [-0.2, 0) is 4.74 Å². The zero-order valence-corrected chi connectivity index (χ0v) is 7.45. The van der Waals surface area contributed by atoms with Crippen molar-refractivity contribution in [2.75, 3.05) is 6.61 Å². The van der Waals surface area contributed by atoms with Crippen LogP contribution >= 0.6 is 0 Å². The third-order valence-corrected chi connectivity index (χ3v) is 2.39. The molecule has 1 heterocycles. The van der Waals surface area contributed by atoms with Crippen molar-refractivity contribution in [3.8, 4) is 0 Å². The zero-order chi connectivity index (χ0) is 10.9. The second-order valence-electron chi connectivity index (χ2n) is 3.23. The number of hydrogen-bond donors (Lipinski definition) is 5. The van der Waals surface area contributed by atoms with Crippen molar-refractivity contribution in [1.29, 1.82) is 0 Å². The minimum Gasteiger partial charge on any atom is -0.394 e. The largest absolute Gasteiger partial charge is 0.394 e. The van der Waals surface area contributed by atoms with Crippen LogP contribution in [0.3, 0.4) is 0 Å². The summed E-state index contributed by atoms with van der Waals surface area (Å²) in [5.74, 6) is 0. The molecule has 6 heteroatoms. The molecular formula is C8H14O6. The second-order valence-corrected chi connectivity index (χ2v) is 3.23. The summed E-state index contributed by atoms with van der Waals surface area (Å²) in [6.45, 7) is 2.66. The number of hydrogen-bond acceptors (Lipinski definition) is 6. The molecule has 1 fully saturated rings. The zero-order valence-electron chi connectivity index (χ0n) is 7.45. The summed E-state index contributed by atoms with van der Waals surface area (Å²) in [5.41, 5.74) is -2.08. The average Bonchev–Trinajstić information content (AvgIpc) is 2.20. The van der Waals surface area contributed by atoms with E-state index in [-0.39, 0.29) is 0 Å². The quantitative estimate of drug-likeness (QED) is 0.315. The van der Waals surface area contributed by atoms with Crippen molar-refractivity contribution in [1.82, 2.24) is 0 Å². The lowest BCUT2D eigenvalue weighted by Gasteiger charge is -2.44. The summed E-state index contributed by atoms with van der Waals surface area (Å²) in [7, 11) is 0. The van der Waals surface area contributed by atoms with Crippen LogP contribution in [0.1, 0.15) is 0 Å². The maximum Gasteiger partial charge on any atom is 0.184 e. The minimum absolute atomic E-state index is 0.582. The van der Waals surface area contributed by atoms with E-state index < -0.39 is 36.8 Å². The molecule has 0 aliphatic carbocycles. The summed E-state index contributed by atoms with van der Waals surface area (Å²) in [6.07, 6.45) is -5.15. The maximum atomic E-state index is 9.72. The molecule has 82 valence electrons. The molecule has 0 spiro atoms. The number of aliphatic hydroxyl groups is 5. The lowest BCUT2D eigenvalue weighted by atomic mass is 9.84. The van der Waals surface area contributed by atoms with Gasteiger partial charge in [0.2, 0.25) is 0 Å². The molecule has 0 amide bonds. The Bertz CT molecular complexity index is 220. The Morgan fingerprint density at radius 3 is 2.29 bits per heavy atom. The lowest BCUT2D eigenvalue weighted by Crippen LogP contribution is -2.66. The van der Waals surface area contributed by atoms with Gasteiger partial charge < -0.3 is 30.3 Å². The average molecular weight is 206 g/mol. The van der Waals surface area contributed by atoms with E-state index in [0.29, 0.717) is 0 Å². The van der Waals surface area contributed by atoms with Crippen LogP contribution < -0.4 is 0 Å². The van der Waals surface area contributed by atoms with E-state index in [0.717, 1.165) is 6.08 Å². The van der Waals surface area contributed by atoms with Gasteiger partial charge in [-0.3, -0.25) is 0 Å². The predicted octanol–water partition coefficient (Wildman–Crippen LogP) is -2.67. The highest BCUT2D eigenvalue weighted by atomic mass is 16.6. The molecule has 0 radical (unpaired) electrons. The first-order chi connectivity index (χ1) is 6.47. The van der Waals surface area contributed by atoms with E-state index in [1.54, 1.807) is 0 Å². The lowest BCUT2D eigenvalue weighted by molar-refractivity contribution is -0.308. The van der Waals surface area contributed by atoms with Crippen LogP contribution in [-0.4, -0.2) is 62.3 Å². The highest BCUT2D eigenvalue weighted by Gasteiger charge is 2.52. The van der Waals surface area contributed by atoms with E-state index in [9.17, 15) is 15.3 Å². The molecular weight excluding hydrogens is 192 g/mol. The standard InChI is InChI=1S/C8H14O6/c1-2-8(13)5(10)4(3-9)14-7(12)6(8)11/h2,4-7,9-13H,1,3H2/t4-,5-,6+,7-,8-/m1/s1. The molecule has 0 aromatic rings. The summed E-state index contributed by atoms with van der Waals surface area (Å²) in [4.78, 5) is 0. The van der Waals surface area contributed by atoms with Crippen molar-refractivity contribution >= 4 is 0 Å².